The lowest BCUT2D eigenvalue weighted by Crippen LogP contribution is -2.31. The third-order valence-corrected chi connectivity index (χ3v) is 3.92. The number of hydrogen-bond acceptors (Lipinski definition) is 4. The van der Waals surface area contributed by atoms with Crippen LogP contribution < -0.4 is 11.1 Å². The molecule has 6 heteroatoms. The third kappa shape index (κ3) is 1.77. The van der Waals surface area contributed by atoms with Gasteiger partial charge in [0.2, 0.25) is 5.96 Å². The Morgan fingerprint density at radius 3 is 3.11 bits per heavy atom. The molecule has 0 amide bonds. The first-order valence-electron chi connectivity index (χ1n) is 6.55. The zero-order valence-electron chi connectivity index (χ0n) is 10.7. The van der Waals surface area contributed by atoms with Crippen molar-refractivity contribution < 1.29 is 0 Å². The summed E-state index contributed by atoms with van der Waals surface area (Å²) in [6.07, 6.45) is 3.40. The Morgan fingerprint density at radius 1 is 1.56 bits per heavy atom. The van der Waals surface area contributed by atoms with Crippen LogP contribution in [-0.4, -0.2) is 47.3 Å². The van der Waals surface area contributed by atoms with Crippen molar-refractivity contribution in [3.05, 3.63) is 11.3 Å². The SMILES string of the molecule is CN1CCCC(c2nn(C(=N)N)c3c2CCN3)C1. The van der Waals surface area contributed by atoms with Crippen molar-refractivity contribution in [3.63, 3.8) is 0 Å². The van der Waals surface area contributed by atoms with E-state index < -0.39 is 0 Å². The Kier molecular flexibility index (Phi) is 2.74. The minimum absolute atomic E-state index is 0.00364. The number of piperidine rings is 1. The fourth-order valence-corrected chi connectivity index (χ4v) is 3.09. The summed E-state index contributed by atoms with van der Waals surface area (Å²) in [5.41, 5.74) is 8.01. The van der Waals surface area contributed by atoms with Gasteiger partial charge in [0.15, 0.2) is 0 Å². The molecule has 98 valence electrons. The molecule has 0 radical (unpaired) electrons. The standard InChI is InChI=1S/C12H20N6/c1-17-6-2-3-8(7-17)10-9-4-5-15-11(9)18(16-10)12(13)14/h8,15H,2-7H2,1H3,(H3,13,14). The van der Waals surface area contributed by atoms with Crippen molar-refractivity contribution in [1.82, 2.24) is 14.7 Å². The Morgan fingerprint density at radius 2 is 2.39 bits per heavy atom. The molecule has 1 atom stereocenters. The first kappa shape index (κ1) is 11.5. The number of nitrogens with zero attached hydrogens (tertiary/aromatic N) is 3. The van der Waals surface area contributed by atoms with Crippen LogP contribution in [0.1, 0.15) is 30.0 Å². The molecule has 18 heavy (non-hydrogen) atoms. The molecule has 4 N–H and O–H groups in total. The van der Waals surface area contributed by atoms with E-state index in [1.807, 2.05) is 0 Å². The second-order valence-electron chi connectivity index (χ2n) is 5.29. The molecular weight excluding hydrogens is 228 g/mol. The highest BCUT2D eigenvalue weighted by molar-refractivity contribution is 5.81. The molecule has 3 heterocycles. The van der Waals surface area contributed by atoms with Crippen LogP contribution in [0.3, 0.4) is 0 Å². The predicted octanol–water partition coefficient (Wildman–Crippen LogP) is 0.402. The number of aromatic nitrogens is 2. The smallest absolute Gasteiger partial charge is 0.215 e. The summed E-state index contributed by atoms with van der Waals surface area (Å²) in [6, 6.07) is 0. The van der Waals surface area contributed by atoms with Gasteiger partial charge in [-0.15, -0.1) is 0 Å². The van der Waals surface area contributed by atoms with Gasteiger partial charge in [-0.2, -0.15) is 9.78 Å². The van der Waals surface area contributed by atoms with E-state index in [-0.39, 0.29) is 5.96 Å². The minimum atomic E-state index is -0.00364. The van der Waals surface area contributed by atoms with E-state index in [9.17, 15) is 0 Å². The van der Waals surface area contributed by atoms with Crippen molar-refractivity contribution in [2.45, 2.75) is 25.2 Å². The second-order valence-corrected chi connectivity index (χ2v) is 5.29. The van der Waals surface area contributed by atoms with Gasteiger partial charge in [-0.3, -0.25) is 5.41 Å². The molecule has 1 aromatic rings. The molecule has 3 rings (SSSR count). The maximum absolute atomic E-state index is 7.60. The summed E-state index contributed by atoms with van der Waals surface area (Å²) >= 11 is 0. The summed E-state index contributed by atoms with van der Waals surface area (Å²) in [4.78, 5) is 2.36. The maximum Gasteiger partial charge on any atom is 0.215 e. The quantitative estimate of drug-likeness (QED) is 0.496. The van der Waals surface area contributed by atoms with Gasteiger partial charge in [-0.05, 0) is 32.9 Å². The number of nitrogens with two attached hydrogens (primary N) is 1. The van der Waals surface area contributed by atoms with Crippen LogP contribution in [-0.2, 0) is 6.42 Å². The highest BCUT2D eigenvalue weighted by Gasteiger charge is 2.29. The number of likely N-dealkylation sites (tertiary alicyclic amines) is 1. The molecule has 1 fully saturated rings. The van der Waals surface area contributed by atoms with Gasteiger partial charge in [0, 0.05) is 24.6 Å². The van der Waals surface area contributed by atoms with Crippen LogP contribution in [0.5, 0.6) is 0 Å². The lowest BCUT2D eigenvalue weighted by molar-refractivity contribution is 0.247. The van der Waals surface area contributed by atoms with Crippen LogP contribution in [0.15, 0.2) is 0 Å². The van der Waals surface area contributed by atoms with Crippen LogP contribution in [0, 0.1) is 5.41 Å². The molecule has 0 spiro atoms. The molecule has 0 aliphatic carbocycles. The number of hydrogen-bond donors (Lipinski definition) is 3. The normalized spacial score (nSPS) is 23.7. The van der Waals surface area contributed by atoms with E-state index in [1.54, 1.807) is 4.68 Å². The zero-order valence-corrected chi connectivity index (χ0v) is 10.7. The van der Waals surface area contributed by atoms with Crippen LogP contribution in [0.2, 0.25) is 0 Å². The summed E-state index contributed by atoms with van der Waals surface area (Å²) in [5.74, 6) is 1.42. The number of fused-ring (bicyclic) bond motifs is 1. The first-order valence-corrected chi connectivity index (χ1v) is 6.55. The molecule has 0 saturated carbocycles. The number of likely N-dealkylation sites (N-methyl/N-ethyl adjacent to an activating group) is 1. The third-order valence-electron chi connectivity index (χ3n) is 3.92. The van der Waals surface area contributed by atoms with Crippen LogP contribution in [0.4, 0.5) is 5.82 Å². The average Bonchev–Trinajstić information content (AvgIpc) is 2.88. The molecule has 1 aromatic heterocycles. The van der Waals surface area contributed by atoms with Crippen LogP contribution >= 0.6 is 0 Å². The summed E-state index contributed by atoms with van der Waals surface area (Å²) in [6.45, 7) is 3.15. The molecule has 1 unspecified atom stereocenters. The van der Waals surface area contributed by atoms with Gasteiger partial charge in [-0.25, -0.2) is 0 Å². The zero-order chi connectivity index (χ0) is 12.7. The number of anilines is 1. The Hall–Kier alpha value is -1.56. The Bertz CT molecular complexity index is 477. The van der Waals surface area contributed by atoms with Gasteiger partial charge in [0.1, 0.15) is 5.82 Å². The predicted molar refractivity (Wildman–Crippen MR) is 71.2 cm³/mol. The summed E-state index contributed by atoms with van der Waals surface area (Å²) in [5, 5.41) is 15.5. The number of rotatable bonds is 1. The van der Waals surface area contributed by atoms with Crippen molar-refractivity contribution >= 4 is 11.8 Å². The van der Waals surface area contributed by atoms with Crippen LogP contribution in [0.25, 0.3) is 0 Å². The fourth-order valence-electron chi connectivity index (χ4n) is 3.09. The number of nitrogen functional groups attached to an aromatic ring is 1. The molecule has 0 bridgehead atoms. The van der Waals surface area contributed by atoms with Gasteiger partial charge >= 0.3 is 0 Å². The van der Waals surface area contributed by atoms with Crippen molar-refractivity contribution in [2.24, 2.45) is 5.73 Å². The monoisotopic (exact) mass is 248 g/mol. The second kappa shape index (κ2) is 4.28. The van der Waals surface area contributed by atoms with E-state index in [0.717, 1.165) is 31.0 Å². The average molecular weight is 248 g/mol. The lowest BCUT2D eigenvalue weighted by Gasteiger charge is -2.29. The lowest BCUT2D eigenvalue weighted by atomic mass is 9.92. The molecule has 2 aliphatic heterocycles. The first-order chi connectivity index (χ1) is 8.66. The van der Waals surface area contributed by atoms with E-state index in [0.29, 0.717) is 5.92 Å². The van der Waals surface area contributed by atoms with Crippen molar-refractivity contribution in [3.8, 4) is 0 Å². The molecular formula is C12H20N6. The highest BCUT2D eigenvalue weighted by Crippen LogP contribution is 2.34. The summed E-state index contributed by atoms with van der Waals surface area (Å²) in [7, 11) is 2.16. The van der Waals surface area contributed by atoms with Gasteiger partial charge in [-0.1, -0.05) is 0 Å². The highest BCUT2D eigenvalue weighted by atomic mass is 15.4. The van der Waals surface area contributed by atoms with E-state index in [1.165, 1.54) is 24.9 Å². The maximum atomic E-state index is 7.60. The van der Waals surface area contributed by atoms with E-state index >= 15 is 0 Å². The fraction of sp³-hybridized carbons (Fsp3) is 0.667. The largest absolute Gasteiger partial charge is 0.369 e. The molecule has 6 nitrogen and oxygen atoms in total. The van der Waals surface area contributed by atoms with Gasteiger partial charge in [0.25, 0.3) is 0 Å². The minimum Gasteiger partial charge on any atom is -0.369 e. The van der Waals surface area contributed by atoms with Gasteiger partial charge in [0.05, 0.1) is 5.69 Å². The summed E-state index contributed by atoms with van der Waals surface area (Å²) < 4.78 is 1.55. The Labute approximate surface area is 107 Å². The molecule has 0 aromatic carbocycles. The van der Waals surface area contributed by atoms with E-state index in [2.05, 4.69) is 22.4 Å². The Balaban J connectivity index is 1.97. The van der Waals surface area contributed by atoms with E-state index in [4.69, 9.17) is 11.1 Å². The van der Waals surface area contributed by atoms with Gasteiger partial charge < -0.3 is 16.0 Å². The van der Waals surface area contributed by atoms with Crippen molar-refractivity contribution in [1.29, 1.82) is 5.41 Å². The molecule has 2 aliphatic rings. The molecule has 1 saturated heterocycles. The number of nitrogens with one attached hydrogen (secondary N) is 2. The van der Waals surface area contributed by atoms with Crippen molar-refractivity contribution in [2.75, 3.05) is 32.0 Å². The topological polar surface area (TPSA) is 83.0 Å².